The molecule has 0 radical (unpaired) electrons. The zero-order valence-electron chi connectivity index (χ0n) is 25.6. The van der Waals surface area contributed by atoms with Gasteiger partial charge in [-0.25, -0.2) is 0 Å². The van der Waals surface area contributed by atoms with Gasteiger partial charge in [0, 0.05) is 56.6 Å². The second kappa shape index (κ2) is 18.7. The number of amides is 1. The van der Waals surface area contributed by atoms with Crippen molar-refractivity contribution in [2.24, 2.45) is 11.8 Å². The third kappa shape index (κ3) is 13.8. The Hall–Kier alpha value is -3.68. The van der Waals surface area contributed by atoms with Crippen LogP contribution in [0.3, 0.4) is 0 Å². The average molecular weight is 580 g/mol. The lowest BCUT2D eigenvalue weighted by Gasteiger charge is -2.16. The molecule has 230 valence electrons. The normalized spacial score (nSPS) is 13.3. The second-order valence-corrected chi connectivity index (χ2v) is 11.4. The molecule has 0 spiro atoms. The summed E-state index contributed by atoms with van der Waals surface area (Å²) in [6, 6.07) is 15.1. The number of carbonyl (C=O) groups excluding carboxylic acids is 4. The van der Waals surface area contributed by atoms with Crippen molar-refractivity contribution in [1.82, 2.24) is 4.90 Å². The van der Waals surface area contributed by atoms with Crippen molar-refractivity contribution in [2.75, 3.05) is 31.2 Å². The molecule has 1 unspecified atom stereocenters. The highest BCUT2D eigenvalue weighted by Crippen LogP contribution is 2.19. The van der Waals surface area contributed by atoms with Crippen molar-refractivity contribution >= 4 is 34.8 Å². The lowest BCUT2D eigenvalue weighted by molar-refractivity contribution is -0.150. The maximum Gasteiger partial charge on any atom is 0.309 e. The van der Waals surface area contributed by atoms with E-state index in [1.807, 2.05) is 67.3 Å². The Balaban J connectivity index is 0.000000294. The average Bonchev–Trinajstić information content (AvgIpc) is 3.51. The smallest absolute Gasteiger partial charge is 0.309 e. The van der Waals surface area contributed by atoms with E-state index in [0.717, 1.165) is 54.9 Å². The van der Waals surface area contributed by atoms with E-state index in [9.17, 15) is 19.2 Å². The number of ketones is 2. The number of ether oxygens (including phenoxy) is 1. The van der Waals surface area contributed by atoms with Gasteiger partial charge in [-0.15, -0.1) is 0 Å². The molecule has 2 aromatic carbocycles. The molecule has 3 rings (SSSR count). The monoisotopic (exact) mass is 579 g/mol. The Bertz CT molecular complexity index is 1120. The summed E-state index contributed by atoms with van der Waals surface area (Å²) in [4.78, 5) is 49.6. The molecule has 1 heterocycles. The standard InChI is InChI=1S/C18H27NO3.C16H22N2O2/c1-4-22-18(21)15(11-13(2)3)12-17(20)10-7-14-5-8-16(19)9-6-14;17-14-6-3-13(4-7-14)5-8-15(19)9-10-16(20)18-11-1-2-12-18/h5-6,8-9,13,15H,4,7,10-12,19H2,1-3H3;3-4,6-7H,1-2,5,8-12,17H2. The minimum atomic E-state index is -0.320. The number of nitrogen functional groups attached to an aromatic ring is 2. The number of carbonyl (C=O) groups is 4. The van der Waals surface area contributed by atoms with Crippen molar-refractivity contribution in [3.63, 3.8) is 0 Å². The third-order valence-electron chi connectivity index (χ3n) is 7.27. The van der Waals surface area contributed by atoms with Gasteiger partial charge in [-0.05, 0) is 80.3 Å². The molecule has 2 aromatic rings. The first-order chi connectivity index (χ1) is 20.1. The van der Waals surface area contributed by atoms with E-state index in [2.05, 4.69) is 0 Å². The van der Waals surface area contributed by atoms with Crippen LogP contribution in [-0.2, 0) is 36.8 Å². The minimum absolute atomic E-state index is 0.107. The molecule has 1 aliphatic heterocycles. The lowest BCUT2D eigenvalue weighted by atomic mass is 9.91. The van der Waals surface area contributed by atoms with Crippen LogP contribution in [0.5, 0.6) is 0 Å². The second-order valence-electron chi connectivity index (χ2n) is 11.4. The van der Waals surface area contributed by atoms with Crippen molar-refractivity contribution < 1.29 is 23.9 Å². The first-order valence-corrected chi connectivity index (χ1v) is 15.2. The van der Waals surface area contributed by atoms with E-state index in [4.69, 9.17) is 16.2 Å². The van der Waals surface area contributed by atoms with Crippen LogP contribution in [0.25, 0.3) is 0 Å². The molecule has 0 bridgehead atoms. The molecule has 0 aromatic heterocycles. The summed E-state index contributed by atoms with van der Waals surface area (Å²) in [6.07, 6.45) is 6.21. The van der Waals surface area contributed by atoms with E-state index in [0.29, 0.717) is 51.0 Å². The Kier molecular flexibility index (Phi) is 15.4. The van der Waals surface area contributed by atoms with Gasteiger partial charge in [0.2, 0.25) is 5.91 Å². The Morgan fingerprint density at radius 1 is 0.762 bits per heavy atom. The van der Waals surface area contributed by atoms with Crippen molar-refractivity contribution in [2.45, 2.75) is 85.0 Å². The number of rotatable bonds is 15. The number of benzene rings is 2. The maximum atomic E-state index is 12.2. The third-order valence-corrected chi connectivity index (χ3v) is 7.27. The summed E-state index contributed by atoms with van der Waals surface area (Å²) in [5, 5.41) is 0. The number of Topliss-reactive ketones (excluding diaryl/α,β-unsaturated/α-hetero) is 2. The van der Waals surface area contributed by atoms with E-state index in [-0.39, 0.29) is 35.8 Å². The number of nitrogens with two attached hydrogens (primary N) is 2. The highest BCUT2D eigenvalue weighted by atomic mass is 16.5. The van der Waals surface area contributed by atoms with Gasteiger partial charge >= 0.3 is 5.97 Å². The van der Waals surface area contributed by atoms with Crippen LogP contribution in [0, 0.1) is 11.8 Å². The lowest BCUT2D eigenvalue weighted by Crippen LogP contribution is -2.27. The van der Waals surface area contributed by atoms with Gasteiger partial charge in [0.05, 0.1) is 12.5 Å². The maximum absolute atomic E-state index is 12.2. The molecule has 0 aliphatic carbocycles. The zero-order valence-corrected chi connectivity index (χ0v) is 25.6. The Labute approximate surface area is 251 Å². The predicted octanol–water partition coefficient (Wildman–Crippen LogP) is 5.56. The van der Waals surface area contributed by atoms with Gasteiger partial charge in [-0.3, -0.25) is 19.2 Å². The fraction of sp³-hybridized carbons (Fsp3) is 0.529. The van der Waals surface area contributed by atoms with Crippen LogP contribution in [0.2, 0.25) is 0 Å². The molecule has 1 aliphatic rings. The molecular formula is C34H49N3O5. The molecule has 1 saturated heterocycles. The molecule has 4 N–H and O–H groups in total. The van der Waals surface area contributed by atoms with E-state index < -0.39 is 0 Å². The quantitative estimate of drug-likeness (QED) is 0.208. The molecule has 8 heteroatoms. The van der Waals surface area contributed by atoms with Crippen molar-refractivity contribution in [3.8, 4) is 0 Å². The number of aryl methyl sites for hydroxylation is 2. The van der Waals surface area contributed by atoms with Crippen LogP contribution in [0.4, 0.5) is 11.4 Å². The molecule has 0 saturated carbocycles. The molecular weight excluding hydrogens is 530 g/mol. The molecule has 1 fully saturated rings. The van der Waals surface area contributed by atoms with E-state index >= 15 is 0 Å². The van der Waals surface area contributed by atoms with Crippen LogP contribution in [0.15, 0.2) is 48.5 Å². The van der Waals surface area contributed by atoms with Crippen molar-refractivity contribution in [3.05, 3.63) is 59.7 Å². The van der Waals surface area contributed by atoms with Crippen LogP contribution < -0.4 is 11.5 Å². The zero-order chi connectivity index (χ0) is 30.9. The highest BCUT2D eigenvalue weighted by Gasteiger charge is 2.24. The fourth-order valence-corrected chi connectivity index (χ4v) is 4.90. The minimum Gasteiger partial charge on any atom is -0.466 e. The van der Waals surface area contributed by atoms with Gasteiger partial charge in [-0.1, -0.05) is 38.1 Å². The summed E-state index contributed by atoms with van der Waals surface area (Å²) in [6.45, 7) is 7.95. The number of anilines is 2. The summed E-state index contributed by atoms with van der Waals surface area (Å²) in [5.41, 5.74) is 14.9. The fourth-order valence-electron chi connectivity index (χ4n) is 4.90. The summed E-state index contributed by atoms with van der Waals surface area (Å²) in [7, 11) is 0. The number of likely N-dealkylation sites (tertiary alicyclic amines) is 1. The number of hydrogen-bond acceptors (Lipinski definition) is 7. The largest absolute Gasteiger partial charge is 0.466 e. The molecule has 1 amide bonds. The summed E-state index contributed by atoms with van der Waals surface area (Å²) < 4.78 is 5.08. The van der Waals surface area contributed by atoms with Gasteiger partial charge in [0.15, 0.2) is 0 Å². The first-order valence-electron chi connectivity index (χ1n) is 15.2. The Morgan fingerprint density at radius 3 is 1.74 bits per heavy atom. The van der Waals surface area contributed by atoms with Gasteiger partial charge < -0.3 is 21.1 Å². The van der Waals surface area contributed by atoms with Crippen molar-refractivity contribution in [1.29, 1.82) is 0 Å². The van der Waals surface area contributed by atoms with Crippen LogP contribution in [-0.4, -0.2) is 48.0 Å². The molecule has 8 nitrogen and oxygen atoms in total. The van der Waals surface area contributed by atoms with Gasteiger partial charge in [0.1, 0.15) is 11.6 Å². The molecule has 1 atom stereocenters. The predicted molar refractivity (Wildman–Crippen MR) is 168 cm³/mol. The van der Waals surface area contributed by atoms with E-state index in [1.54, 1.807) is 6.92 Å². The first kappa shape index (κ1) is 34.5. The topological polar surface area (TPSA) is 133 Å². The summed E-state index contributed by atoms with van der Waals surface area (Å²) in [5.74, 6) is 0.184. The number of esters is 1. The number of nitrogens with zero attached hydrogens (tertiary/aromatic N) is 1. The highest BCUT2D eigenvalue weighted by molar-refractivity contribution is 5.85. The van der Waals surface area contributed by atoms with Crippen LogP contribution >= 0.6 is 0 Å². The van der Waals surface area contributed by atoms with Crippen LogP contribution in [0.1, 0.15) is 83.3 Å². The SMILES string of the molecule is CCOC(=O)C(CC(=O)CCc1ccc(N)cc1)CC(C)C.Nc1ccc(CCC(=O)CCC(=O)N2CCCC2)cc1. The van der Waals surface area contributed by atoms with Gasteiger partial charge in [0.25, 0.3) is 0 Å². The Morgan fingerprint density at radius 2 is 1.26 bits per heavy atom. The summed E-state index contributed by atoms with van der Waals surface area (Å²) >= 11 is 0. The number of hydrogen-bond donors (Lipinski definition) is 2. The van der Waals surface area contributed by atoms with Gasteiger partial charge in [-0.2, -0.15) is 0 Å². The van der Waals surface area contributed by atoms with E-state index in [1.165, 1.54) is 0 Å². The molecule has 42 heavy (non-hydrogen) atoms.